The molecule has 0 heterocycles. The van der Waals surface area contributed by atoms with E-state index in [1.807, 2.05) is 31.2 Å². The van der Waals surface area contributed by atoms with Crippen molar-refractivity contribution in [3.05, 3.63) is 64.7 Å². The third kappa shape index (κ3) is 3.61. The number of benzene rings is 2. The van der Waals surface area contributed by atoms with E-state index in [9.17, 15) is 9.90 Å². The summed E-state index contributed by atoms with van der Waals surface area (Å²) in [4.78, 5) is 14.0. The smallest absolute Gasteiger partial charge is 0.257 e. The molecule has 0 unspecified atom stereocenters. The van der Waals surface area contributed by atoms with Crippen LogP contribution in [0.25, 0.3) is 0 Å². The lowest BCUT2D eigenvalue weighted by molar-refractivity contribution is 0.0782. The van der Waals surface area contributed by atoms with Gasteiger partial charge in [-0.1, -0.05) is 35.9 Å². The second-order valence-corrected chi connectivity index (χ2v) is 5.21. The molecule has 1 amide bonds. The topological polar surface area (TPSA) is 66.6 Å². The number of carbonyl (C=O) groups excluding carboxylic acids is 1. The SMILES string of the molecule is Cc1ccc(O)c(C(=O)N(C)Cc2cccc(CN)c2)c1. The van der Waals surface area contributed by atoms with Gasteiger partial charge in [-0.05, 0) is 30.2 Å². The van der Waals surface area contributed by atoms with Gasteiger partial charge in [-0.25, -0.2) is 0 Å². The fourth-order valence-corrected chi connectivity index (χ4v) is 2.23. The highest BCUT2D eigenvalue weighted by Crippen LogP contribution is 2.20. The molecule has 0 bridgehead atoms. The molecule has 2 rings (SSSR count). The average molecular weight is 284 g/mol. The Morgan fingerprint density at radius 1 is 1.19 bits per heavy atom. The number of hydrogen-bond acceptors (Lipinski definition) is 3. The van der Waals surface area contributed by atoms with Crippen LogP contribution in [-0.4, -0.2) is 23.0 Å². The maximum Gasteiger partial charge on any atom is 0.257 e. The highest BCUT2D eigenvalue weighted by Gasteiger charge is 2.16. The fourth-order valence-electron chi connectivity index (χ4n) is 2.23. The molecule has 0 aliphatic heterocycles. The highest BCUT2D eigenvalue weighted by molar-refractivity contribution is 5.96. The first kappa shape index (κ1) is 15.1. The third-order valence-electron chi connectivity index (χ3n) is 3.38. The van der Waals surface area contributed by atoms with Gasteiger partial charge in [0.25, 0.3) is 5.91 Å². The molecule has 4 nitrogen and oxygen atoms in total. The van der Waals surface area contributed by atoms with Crippen molar-refractivity contribution in [2.24, 2.45) is 5.73 Å². The first-order chi connectivity index (χ1) is 10.0. The van der Waals surface area contributed by atoms with Crippen molar-refractivity contribution in [2.75, 3.05) is 7.05 Å². The van der Waals surface area contributed by atoms with Gasteiger partial charge < -0.3 is 15.7 Å². The zero-order valence-corrected chi connectivity index (χ0v) is 12.3. The van der Waals surface area contributed by atoms with Gasteiger partial charge in [0.1, 0.15) is 5.75 Å². The summed E-state index contributed by atoms with van der Waals surface area (Å²) in [7, 11) is 1.72. The summed E-state index contributed by atoms with van der Waals surface area (Å²) in [6.07, 6.45) is 0. The second-order valence-electron chi connectivity index (χ2n) is 5.21. The van der Waals surface area contributed by atoms with Gasteiger partial charge >= 0.3 is 0 Å². The van der Waals surface area contributed by atoms with E-state index in [0.29, 0.717) is 18.7 Å². The van der Waals surface area contributed by atoms with E-state index in [1.54, 1.807) is 30.1 Å². The summed E-state index contributed by atoms with van der Waals surface area (Å²) in [5.41, 5.74) is 8.94. The predicted molar refractivity (Wildman–Crippen MR) is 83.0 cm³/mol. The molecule has 110 valence electrons. The van der Waals surface area contributed by atoms with E-state index in [0.717, 1.165) is 16.7 Å². The maximum atomic E-state index is 12.4. The van der Waals surface area contributed by atoms with Crippen molar-refractivity contribution in [2.45, 2.75) is 20.0 Å². The number of aromatic hydroxyl groups is 1. The van der Waals surface area contributed by atoms with Crippen molar-refractivity contribution >= 4 is 5.91 Å². The Hall–Kier alpha value is -2.33. The maximum absolute atomic E-state index is 12.4. The number of nitrogens with two attached hydrogens (primary N) is 1. The molecule has 4 heteroatoms. The largest absolute Gasteiger partial charge is 0.507 e. The summed E-state index contributed by atoms with van der Waals surface area (Å²) in [5.74, 6) is -0.192. The number of nitrogens with zero attached hydrogens (tertiary/aromatic N) is 1. The minimum Gasteiger partial charge on any atom is -0.507 e. The monoisotopic (exact) mass is 284 g/mol. The molecule has 0 aromatic heterocycles. The molecule has 0 fully saturated rings. The minimum absolute atomic E-state index is 0.00755. The van der Waals surface area contributed by atoms with Gasteiger partial charge in [-0.15, -0.1) is 0 Å². The van der Waals surface area contributed by atoms with E-state index in [1.165, 1.54) is 0 Å². The van der Waals surface area contributed by atoms with Gasteiger partial charge in [-0.2, -0.15) is 0 Å². The quantitative estimate of drug-likeness (QED) is 0.906. The van der Waals surface area contributed by atoms with Crippen LogP contribution in [0, 0.1) is 6.92 Å². The zero-order valence-electron chi connectivity index (χ0n) is 12.3. The Bertz CT molecular complexity index is 653. The number of amides is 1. The lowest BCUT2D eigenvalue weighted by Gasteiger charge is -2.18. The summed E-state index contributed by atoms with van der Waals surface area (Å²) in [5, 5.41) is 9.84. The number of hydrogen-bond donors (Lipinski definition) is 2. The van der Waals surface area contributed by atoms with Crippen molar-refractivity contribution in [3.63, 3.8) is 0 Å². The van der Waals surface area contributed by atoms with E-state index in [2.05, 4.69) is 0 Å². The van der Waals surface area contributed by atoms with Gasteiger partial charge in [-0.3, -0.25) is 4.79 Å². The van der Waals surface area contributed by atoms with Crippen LogP contribution in [0.4, 0.5) is 0 Å². The lowest BCUT2D eigenvalue weighted by Crippen LogP contribution is -2.26. The van der Waals surface area contributed by atoms with Crippen LogP contribution >= 0.6 is 0 Å². The summed E-state index contributed by atoms with van der Waals surface area (Å²) >= 11 is 0. The van der Waals surface area contributed by atoms with Crippen molar-refractivity contribution in [1.82, 2.24) is 4.90 Å². The summed E-state index contributed by atoms with van der Waals surface area (Å²) < 4.78 is 0. The van der Waals surface area contributed by atoms with E-state index in [4.69, 9.17) is 5.73 Å². The van der Waals surface area contributed by atoms with Crippen LogP contribution in [0.3, 0.4) is 0 Å². The number of aryl methyl sites for hydroxylation is 1. The molecule has 3 N–H and O–H groups in total. The van der Waals surface area contributed by atoms with Crippen LogP contribution in [0.5, 0.6) is 5.75 Å². The molecule has 0 radical (unpaired) electrons. The molecule has 0 atom stereocenters. The Kier molecular flexibility index (Phi) is 4.60. The zero-order chi connectivity index (χ0) is 15.4. The first-order valence-electron chi connectivity index (χ1n) is 6.84. The van der Waals surface area contributed by atoms with Gasteiger partial charge in [0.05, 0.1) is 5.56 Å². The molecule has 0 saturated heterocycles. The number of phenols is 1. The molecular formula is C17H20N2O2. The summed E-state index contributed by atoms with van der Waals surface area (Å²) in [6, 6.07) is 12.9. The van der Waals surface area contributed by atoms with Crippen molar-refractivity contribution < 1.29 is 9.90 Å². The van der Waals surface area contributed by atoms with Gasteiger partial charge in [0.2, 0.25) is 0 Å². The summed E-state index contributed by atoms with van der Waals surface area (Å²) in [6.45, 7) is 2.84. The molecule has 2 aromatic rings. The Morgan fingerprint density at radius 3 is 2.62 bits per heavy atom. The number of rotatable bonds is 4. The minimum atomic E-state index is -0.200. The van der Waals surface area contributed by atoms with E-state index >= 15 is 0 Å². The number of carbonyl (C=O) groups is 1. The Labute approximate surface area is 124 Å². The Balaban J connectivity index is 2.17. The normalized spacial score (nSPS) is 10.4. The van der Waals surface area contributed by atoms with Gasteiger partial charge in [0, 0.05) is 20.1 Å². The second kappa shape index (κ2) is 6.41. The van der Waals surface area contributed by atoms with Crippen LogP contribution in [0.1, 0.15) is 27.0 Å². The van der Waals surface area contributed by atoms with Crippen LogP contribution in [0.15, 0.2) is 42.5 Å². The average Bonchev–Trinajstić information content (AvgIpc) is 2.49. The fraction of sp³-hybridized carbons (Fsp3) is 0.235. The predicted octanol–water partition coefficient (Wildman–Crippen LogP) is 2.43. The number of phenolic OH excluding ortho intramolecular Hbond substituents is 1. The third-order valence-corrected chi connectivity index (χ3v) is 3.38. The van der Waals surface area contributed by atoms with Crippen LogP contribution in [0.2, 0.25) is 0 Å². The lowest BCUT2D eigenvalue weighted by atomic mass is 10.1. The molecule has 2 aromatic carbocycles. The van der Waals surface area contributed by atoms with Crippen molar-refractivity contribution in [1.29, 1.82) is 0 Å². The van der Waals surface area contributed by atoms with Crippen LogP contribution < -0.4 is 5.73 Å². The van der Waals surface area contributed by atoms with Crippen molar-refractivity contribution in [3.8, 4) is 5.75 Å². The van der Waals surface area contributed by atoms with E-state index < -0.39 is 0 Å². The molecule has 0 aliphatic rings. The first-order valence-corrected chi connectivity index (χ1v) is 6.84. The molecule has 0 spiro atoms. The van der Waals surface area contributed by atoms with Gasteiger partial charge in [0.15, 0.2) is 0 Å². The van der Waals surface area contributed by atoms with E-state index in [-0.39, 0.29) is 11.7 Å². The standard InChI is InChI=1S/C17H20N2O2/c1-12-6-7-16(20)15(8-12)17(21)19(2)11-14-5-3-4-13(9-14)10-18/h3-9,20H,10-11,18H2,1-2H3. The molecular weight excluding hydrogens is 264 g/mol. The Morgan fingerprint density at radius 2 is 1.90 bits per heavy atom. The van der Waals surface area contributed by atoms with Crippen LogP contribution in [-0.2, 0) is 13.1 Å². The molecule has 0 saturated carbocycles. The molecule has 0 aliphatic carbocycles. The highest BCUT2D eigenvalue weighted by atomic mass is 16.3. The molecule has 21 heavy (non-hydrogen) atoms.